The van der Waals surface area contributed by atoms with E-state index in [-0.39, 0.29) is 23.9 Å². The molecule has 33 heavy (non-hydrogen) atoms. The van der Waals surface area contributed by atoms with Crippen LogP contribution in [0.2, 0.25) is 0 Å². The van der Waals surface area contributed by atoms with Crippen LogP contribution in [0, 0.1) is 0 Å². The first-order valence-electron chi connectivity index (χ1n) is 9.86. The fourth-order valence-electron chi connectivity index (χ4n) is 3.17. The van der Waals surface area contributed by atoms with Crippen LogP contribution in [0.5, 0.6) is 0 Å². The maximum atomic E-state index is 12.7. The van der Waals surface area contributed by atoms with Crippen LogP contribution in [-0.4, -0.2) is 31.3 Å². The van der Waals surface area contributed by atoms with Gasteiger partial charge >= 0.3 is 0 Å². The Morgan fingerprint density at radius 2 is 1.85 bits per heavy atom. The summed E-state index contributed by atoms with van der Waals surface area (Å²) in [6.45, 7) is 3.43. The third-order valence-electron chi connectivity index (χ3n) is 4.64. The predicted molar refractivity (Wildman–Crippen MR) is 124 cm³/mol. The van der Waals surface area contributed by atoms with Crippen LogP contribution in [0.15, 0.2) is 78.4 Å². The minimum absolute atomic E-state index is 0.150. The molecule has 0 saturated carbocycles. The van der Waals surface area contributed by atoms with Crippen LogP contribution in [-0.2, 0) is 16.0 Å². The molecule has 0 spiro atoms. The molecule has 0 fully saturated rings. The lowest BCUT2D eigenvalue weighted by molar-refractivity contribution is -0.117. The van der Waals surface area contributed by atoms with Gasteiger partial charge in [-0.25, -0.2) is 9.97 Å². The minimum Gasteiger partial charge on any atom is -0.369 e. The Morgan fingerprint density at radius 1 is 1.06 bits per heavy atom. The zero-order valence-electron chi connectivity index (χ0n) is 17.4. The van der Waals surface area contributed by atoms with Crippen LogP contribution in [0.1, 0.15) is 5.56 Å². The Labute approximate surface area is 187 Å². The number of nitrogens with two attached hydrogens (primary N) is 1. The molecule has 10 heteroatoms. The van der Waals surface area contributed by atoms with E-state index in [1.807, 2.05) is 0 Å². The topological polar surface area (TPSA) is 145 Å². The number of benzene rings is 2. The Morgan fingerprint density at radius 3 is 2.58 bits per heavy atom. The quantitative estimate of drug-likeness (QED) is 0.372. The monoisotopic (exact) mass is 441 g/mol. The van der Waals surface area contributed by atoms with Crippen molar-refractivity contribution >= 4 is 40.3 Å². The lowest BCUT2D eigenvalue weighted by atomic mass is 10.1. The fourth-order valence-corrected chi connectivity index (χ4v) is 3.17. The molecule has 4 N–H and O–H groups in total. The molecule has 2 aromatic carbocycles. The van der Waals surface area contributed by atoms with Gasteiger partial charge in [-0.1, -0.05) is 24.8 Å². The van der Waals surface area contributed by atoms with Gasteiger partial charge in [0.1, 0.15) is 5.52 Å². The van der Waals surface area contributed by atoms with Crippen molar-refractivity contribution in [2.45, 2.75) is 6.42 Å². The SMILES string of the molecule is C=CC(=O)Nc1cccc(-n2c(=O)cnc3cnc(Nc4ccc(CC(N)=O)cc4)nc32)c1. The van der Waals surface area contributed by atoms with Crippen LogP contribution in [0.4, 0.5) is 17.3 Å². The van der Waals surface area contributed by atoms with Crippen LogP contribution in [0.25, 0.3) is 16.9 Å². The Kier molecular flexibility index (Phi) is 5.90. The number of anilines is 3. The lowest BCUT2D eigenvalue weighted by Gasteiger charge is -2.12. The maximum Gasteiger partial charge on any atom is 0.275 e. The molecule has 0 saturated heterocycles. The van der Waals surface area contributed by atoms with Gasteiger partial charge in [0.05, 0.1) is 24.5 Å². The van der Waals surface area contributed by atoms with Gasteiger partial charge in [-0.3, -0.25) is 19.0 Å². The molecule has 0 aliphatic heterocycles. The molecule has 4 aromatic rings. The summed E-state index contributed by atoms with van der Waals surface area (Å²) in [5.74, 6) is -0.524. The standard InChI is InChI=1S/C23H19N7O3/c1-2-20(32)27-16-4-3-5-17(11-16)30-21(33)13-25-18-12-26-23(29-22(18)30)28-15-8-6-14(7-9-15)10-19(24)31/h2-9,11-13H,1,10H2,(H2,24,31)(H,27,32)(H,26,28,29). The van der Waals surface area contributed by atoms with Gasteiger partial charge in [0.25, 0.3) is 5.56 Å². The van der Waals surface area contributed by atoms with Crippen molar-refractivity contribution in [3.63, 3.8) is 0 Å². The summed E-state index contributed by atoms with van der Waals surface area (Å²) in [5, 5.41) is 5.74. The third-order valence-corrected chi connectivity index (χ3v) is 4.64. The van der Waals surface area contributed by atoms with Crippen molar-refractivity contribution < 1.29 is 9.59 Å². The number of aromatic nitrogens is 4. The Bertz CT molecular complexity index is 1430. The second kappa shape index (κ2) is 9.10. The largest absolute Gasteiger partial charge is 0.369 e. The number of primary amides is 1. The zero-order chi connectivity index (χ0) is 23.4. The third kappa shape index (κ3) is 4.90. The van der Waals surface area contributed by atoms with E-state index < -0.39 is 11.5 Å². The second-order valence-electron chi connectivity index (χ2n) is 7.04. The van der Waals surface area contributed by atoms with Gasteiger partial charge in [-0.05, 0) is 42.0 Å². The molecule has 0 atom stereocenters. The highest BCUT2D eigenvalue weighted by atomic mass is 16.2. The fraction of sp³-hybridized carbons (Fsp3) is 0.0435. The summed E-state index contributed by atoms with van der Waals surface area (Å²) in [7, 11) is 0. The summed E-state index contributed by atoms with van der Waals surface area (Å²) in [6.07, 6.45) is 4.00. The Hall–Kier alpha value is -4.86. The minimum atomic E-state index is -0.410. The number of amides is 2. The van der Waals surface area contributed by atoms with E-state index in [0.717, 1.165) is 11.6 Å². The number of hydrogen-bond donors (Lipinski definition) is 3. The Balaban J connectivity index is 1.71. The number of hydrogen-bond acceptors (Lipinski definition) is 7. The van der Waals surface area contributed by atoms with E-state index in [9.17, 15) is 14.4 Å². The molecule has 2 heterocycles. The van der Waals surface area contributed by atoms with Crippen LogP contribution in [0.3, 0.4) is 0 Å². The lowest BCUT2D eigenvalue weighted by Crippen LogP contribution is -2.20. The summed E-state index contributed by atoms with van der Waals surface area (Å²) in [4.78, 5) is 48.3. The first-order chi connectivity index (χ1) is 15.9. The molecule has 0 aliphatic carbocycles. The smallest absolute Gasteiger partial charge is 0.275 e. The normalized spacial score (nSPS) is 10.5. The van der Waals surface area contributed by atoms with Crippen molar-refractivity contribution in [3.8, 4) is 5.69 Å². The van der Waals surface area contributed by atoms with Gasteiger partial charge in [0.2, 0.25) is 17.8 Å². The van der Waals surface area contributed by atoms with E-state index in [2.05, 4.69) is 32.2 Å². The van der Waals surface area contributed by atoms with Gasteiger partial charge in [-0.15, -0.1) is 0 Å². The van der Waals surface area contributed by atoms with E-state index in [4.69, 9.17) is 5.73 Å². The number of rotatable bonds is 7. The van der Waals surface area contributed by atoms with Crippen molar-refractivity contribution in [1.82, 2.24) is 19.5 Å². The molecule has 0 unspecified atom stereocenters. The summed E-state index contributed by atoms with van der Waals surface area (Å²) in [5.41, 5.74) is 8.00. The summed E-state index contributed by atoms with van der Waals surface area (Å²) >= 11 is 0. The first-order valence-corrected chi connectivity index (χ1v) is 9.86. The van der Waals surface area contributed by atoms with E-state index in [1.54, 1.807) is 48.5 Å². The number of nitrogens with zero attached hydrogens (tertiary/aromatic N) is 4. The van der Waals surface area contributed by atoms with Crippen LogP contribution >= 0.6 is 0 Å². The van der Waals surface area contributed by atoms with Gasteiger partial charge < -0.3 is 16.4 Å². The van der Waals surface area contributed by atoms with Crippen molar-refractivity contribution in [2.75, 3.05) is 10.6 Å². The zero-order valence-corrected chi connectivity index (χ0v) is 17.4. The van der Waals surface area contributed by atoms with Gasteiger partial charge in [0.15, 0.2) is 5.65 Å². The van der Waals surface area contributed by atoms with Gasteiger partial charge in [-0.2, -0.15) is 4.98 Å². The molecule has 164 valence electrons. The molecule has 2 amide bonds. The average molecular weight is 441 g/mol. The first kappa shape index (κ1) is 21.4. The molecule has 10 nitrogen and oxygen atoms in total. The van der Waals surface area contributed by atoms with E-state index in [1.165, 1.54) is 17.0 Å². The highest BCUT2D eigenvalue weighted by Gasteiger charge is 2.11. The predicted octanol–water partition coefficient (Wildman–Crippen LogP) is 2.07. The molecular formula is C23H19N7O3. The van der Waals surface area contributed by atoms with Crippen molar-refractivity contribution in [2.24, 2.45) is 5.73 Å². The van der Waals surface area contributed by atoms with E-state index in [0.29, 0.717) is 22.6 Å². The summed E-state index contributed by atoms with van der Waals surface area (Å²) < 4.78 is 1.38. The molecular weight excluding hydrogens is 422 g/mol. The highest BCUT2D eigenvalue weighted by molar-refractivity contribution is 5.99. The number of carbonyl (C=O) groups is 2. The second-order valence-corrected chi connectivity index (χ2v) is 7.04. The summed E-state index contributed by atoms with van der Waals surface area (Å²) in [6, 6.07) is 13.9. The van der Waals surface area contributed by atoms with Crippen molar-refractivity contribution in [3.05, 3.63) is 89.5 Å². The molecule has 0 bridgehead atoms. The van der Waals surface area contributed by atoms with Crippen molar-refractivity contribution in [1.29, 1.82) is 0 Å². The molecule has 2 aromatic heterocycles. The maximum absolute atomic E-state index is 12.7. The van der Waals surface area contributed by atoms with E-state index >= 15 is 0 Å². The average Bonchev–Trinajstić information content (AvgIpc) is 2.80. The van der Waals surface area contributed by atoms with Gasteiger partial charge in [0, 0.05) is 11.4 Å². The van der Waals surface area contributed by atoms with Crippen LogP contribution < -0.4 is 21.9 Å². The number of carbonyl (C=O) groups excluding carboxylic acids is 2. The molecule has 0 radical (unpaired) electrons. The highest BCUT2D eigenvalue weighted by Crippen LogP contribution is 2.19. The number of nitrogens with one attached hydrogen (secondary N) is 2. The molecule has 0 aliphatic rings. The molecule has 4 rings (SSSR count). The number of fused-ring (bicyclic) bond motifs is 1.